The number of hydrogen-bond donors (Lipinski definition) is 1. The van der Waals surface area contributed by atoms with E-state index in [9.17, 15) is 4.79 Å². The molecule has 0 saturated heterocycles. The molecule has 1 amide bonds. The van der Waals surface area contributed by atoms with Crippen molar-refractivity contribution in [3.05, 3.63) is 35.3 Å². The summed E-state index contributed by atoms with van der Waals surface area (Å²) in [5, 5.41) is 3.97. The predicted octanol–water partition coefficient (Wildman–Crippen LogP) is 1.57. The Hall–Kier alpha value is -2.37. The molecule has 0 aliphatic carbocycles. The van der Waals surface area contributed by atoms with Crippen LogP contribution in [0.4, 0.5) is 0 Å². The maximum Gasteiger partial charge on any atom is 0.278 e. The van der Waals surface area contributed by atoms with Crippen LogP contribution in [0.5, 0.6) is 0 Å². The number of aromatic nitrogens is 2. The summed E-state index contributed by atoms with van der Waals surface area (Å²) in [4.78, 5) is 15.7. The van der Waals surface area contributed by atoms with E-state index in [0.717, 1.165) is 17.0 Å². The number of carbonyl (C=O) groups excluding carboxylic acids is 1. The van der Waals surface area contributed by atoms with Crippen LogP contribution < -0.4 is 5.43 Å². The molecule has 0 atom stereocenters. The van der Waals surface area contributed by atoms with Crippen LogP contribution in [-0.2, 0) is 9.53 Å². The molecule has 20 heavy (non-hydrogen) atoms. The van der Waals surface area contributed by atoms with Crippen LogP contribution in [0, 0.1) is 6.92 Å². The molecule has 1 N–H and O–H groups in total. The smallest absolute Gasteiger partial charge is 0.278 e. The third-order valence-corrected chi connectivity index (χ3v) is 3.30. The molecule has 2 aromatic heterocycles. The van der Waals surface area contributed by atoms with Crippen LogP contribution in [0.3, 0.4) is 0 Å². The van der Waals surface area contributed by atoms with Gasteiger partial charge in [0.2, 0.25) is 0 Å². The van der Waals surface area contributed by atoms with Crippen LogP contribution in [-0.4, -0.2) is 27.8 Å². The minimum absolute atomic E-state index is 0.0185. The zero-order valence-corrected chi connectivity index (χ0v) is 11.7. The second-order valence-corrected chi connectivity index (χ2v) is 5.10. The van der Waals surface area contributed by atoms with Crippen molar-refractivity contribution in [2.24, 2.45) is 5.10 Å². The average Bonchev–Trinajstić information content (AvgIpc) is 2.75. The van der Waals surface area contributed by atoms with Gasteiger partial charge in [0.25, 0.3) is 11.8 Å². The normalized spacial score (nSPS) is 15.2. The third-order valence-electron chi connectivity index (χ3n) is 3.30. The van der Waals surface area contributed by atoms with E-state index in [4.69, 9.17) is 4.74 Å². The lowest BCUT2D eigenvalue weighted by atomic mass is 10.1. The number of carbonyl (C=O) groups is 1. The van der Waals surface area contributed by atoms with E-state index in [0.29, 0.717) is 11.8 Å². The lowest BCUT2D eigenvalue weighted by Crippen LogP contribution is -2.32. The predicted molar refractivity (Wildman–Crippen MR) is 74.6 cm³/mol. The monoisotopic (exact) mass is 272 g/mol. The van der Waals surface area contributed by atoms with Crippen LogP contribution in [0.2, 0.25) is 0 Å². The fourth-order valence-corrected chi connectivity index (χ4v) is 2.34. The number of nitrogens with zero attached hydrogens (tertiary/aromatic N) is 3. The molecule has 6 heteroatoms. The topological polar surface area (TPSA) is 68.0 Å². The summed E-state index contributed by atoms with van der Waals surface area (Å²) >= 11 is 0. The number of pyridine rings is 1. The van der Waals surface area contributed by atoms with Crippen molar-refractivity contribution >= 4 is 17.5 Å². The second-order valence-electron chi connectivity index (χ2n) is 5.10. The molecular weight excluding hydrogens is 256 g/mol. The summed E-state index contributed by atoms with van der Waals surface area (Å²) in [7, 11) is 0. The van der Waals surface area contributed by atoms with Gasteiger partial charge in [0.15, 0.2) is 6.61 Å². The Morgan fingerprint density at radius 2 is 2.25 bits per heavy atom. The minimum Gasteiger partial charge on any atom is -0.465 e. The van der Waals surface area contributed by atoms with Gasteiger partial charge < -0.3 is 4.74 Å². The Morgan fingerprint density at radius 1 is 1.45 bits per heavy atom. The first kappa shape index (κ1) is 12.7. The number of nitrogens with one attached hydrogen (secondary N) is 1. The number of hydrazone groups is 1. The van der Waals surface area contributed by atoms with Crippen molar-refractivity contribution in [1.82, 2.24) is 14.8 Å². The van der Waals surface area contributed by atoms with Crippen molar-refractivity contribution < 1.29 is 9.53 Å². The SMILES string of the molecule is Cc1nc2c(C(C)C)cccn2c1C1=NNC(=O)CO1. The maximum atomic E-state index is 11.1. The number of amides is 1. The largest absolute Gasteiger partial charge is 0.465 e. The van der Waals surface area contributed by atoms with Gasteiger partial charge in [-0.1, -0.05) is 19.9 Å². The lowest BCUT2D eigenvalue weighted by Gasteiger charge is -2.14. The number of aryl methyl sites for hydroxylation is 1. The summed E-state index contributed by atoms with van der Waals surface area (Å²) in [6.45, 7) is 6.16. The molecule has 104 valence electrons. The average molecular weight is 272 g/mol. The molecular formula is C14H16N4O2. The van der Waals surface area contributed by atoms with E-state index in [-0.39, 0.29) is 12.5 Å². The zero-order valence-electron chi connectivity index (χ0n) is 11.7. The van der Waals surface area contributed by atoms with Crippen LogP contribution in [0.15, 0.2) is 23.4 Å². The van der Waals surface area contributed by atoms with Gasteiger partial charge in [-0.3, -0.25) is 9.20 Å². The van der Waals surface area contributed by atoms with E-state index in [1.807, 2.05) is 23.6 Å². The van der Waals surface area contributed by atoms with E-state index < -0.39 is 0 Å². The van der Waals surface area contributed by atoms with Crippen LogP contribution in [0.25, 0.3) is 5.65 Å². The molecule has 0 radical (unpaired) electrons. The van der Waals surface area contributed by atoms with Crippen molar-refractivity contribution in [2.75, 3.05) is 6.61 Å². The lowest BCUT2D eigenvalue weighted by molar-refractivity contribution is -0.124. The number of rotatable bonds is 2. The van der Waals surface area contributed by atoms with Crippen molar-refractivity contribution in [3.8, 4) is 0 Å². The molecule has 0 saturated carbocycles. The molecule has 0 spiro atoms. The number of imidazole rings is 1. The first-order valence-electron chi connectivity index (χ1n) is 6.55. The Morgan fingerprint density at radius 3 is 2.90 bits per heavy atom. The molecule has 3 heterocycles. The Kier molecular flexibility index (Phi) is 2.93. The highest BCUT2D eigenvalue weighted by molar-refractivity contribution is 5.98. The zero-order chi connectivity index (χ0) is 14.3. The molecule has 0 bridgehead atoms. The van der Waals surface area contributed by atoms with Gasteiger partial charge in [-0.15, -0.1) is 5.10 Å². The van der Waals surface area contributed by atoms with E-state index >= 15 is 0 Å². The summed E-state index contributed by atoms with van der Waals surface area (Å²) in [5.41, 5.74) is 6.11. The van der Waals surface area contributed by atoms with Crippen molar-refractivity contribution in [1.29, 1.82) is 0 Å². The molecule has 0 fully saturated rings. The number of fused-ring (bicyclic) bond motifs is 1. The summed E-state index contributed by atoms with van der Waals surface area (Å²) in [5.74, 6) is 0.529. The van der Waals surface area contributed by atoms with Crippen molar-refractivity contribution in [3.63, 3.8) is 0 Å². The molecule has 3 rings (SSSR count). The van der Waals surface area contributed by atoms with Gasteiger partial charge in [0, 0.05) is 6.20 Å². The highest BCUT2D eigenvalue weighted by Crippen LogP contribution is 2.23. The van der Waals surface area contributed by atoms with Gasteiger partial charge in [-0.05, 0) is 24.5 Å². The number of hydrogen-bond acceptors (Lipinski definition) is 4. The Bertz CT molecular complexity index is 715. The standard InChI is InChI=1S/C14H16N4O2/c1-8(2)10-5-4-6-18-12(9(3)15-13(10)18)14-17-16-11(19)7-20-14/h4-6,8H,7H2,1-3H3,(H,16,19). The van der Waals surface area contributed by atoms with Crippen LogP contribution >= 0.6 is 0 Å². The van der Waals surface area contributed by atoms with Gasteiger partial charge in [-0.25, -0.2) is 10.4 Å². The maximum absolute atomic E-state index is 11.1. The highest BCUT2D eigenvalue weighted by Gasteiger charge is 2.22. The minimum atomic E-state index is -0.247. The Labute approximate surface area is 116 Å². The first-order chi connectivity index (χ1) is 9.58. The van der Waals surface area contributed by atoms with Gasteiger partial charge >= 0.3 is 0 Å². The molecule has 1 aliphatic heterocycles. The van der Waals surface area contributed by atoms with E-state index in [1.165, 1.54) is 5.56 Å². The van der Waals surface area contributed by atoms with Gasteiger partial charge in [0.05, 0.1) is 5.69 Å². The molecule has 0 aromatic carbocycles. The molecule has 0 unspecified atom stereocenters. The third kappa shape index (κ3) is 1.93. The van der Waals surface area contributed by atoms with E-state index in [1.54, 1.807) is 0 Å². The van der Waals surface area contributed by atoms with Gasteiger partial charge in [0.1, 0.15) is 11.3 Å². The van der Waals surface area contributed by atoms with Gasteiger partial charge in [-0.2, -0.15) is 0 Å². The first-order valence-corrected chi connectivity index (χ1v) is 6.55. The fraction of sp³-hybridized carbons (Fsp3) is 0.357. The molecule has 1 aliphatic rings. The second kappa shape index (κ2) is 4.63. The molecule has 6 nitrogen and oxygen atoms in total. The highest BCUT2D eigenvalue weighted by atomic mass is 16.5. The van der Waals surface area contributed by atoms with Crippen molar-refractivity contribution in [2.45, 2.75) is 26.7 Å². The summed E-state index contributed by atoms with van der Waals surface area (Å²) in [6.07, 6.45) is 1.93. The number of ether oxygens (including phenoxy) is 1. The molecule has 2 aromatic rings. The summed E-state index contributed by atoms with van der Waals surface area (Å²) < 4.78 is 7.36. The fourth-order valence-electron chi connectivity index (χ4n) is 2.34. The van der Waals surface area contributed by atoms with E-state index in [2.05, 4.69) is 35.4 Å². The van der Waals surface area contributed by atoms with Crippen LogP contribution in [0.1, 0.15) is 36.7 Å². The summed E-state index contributed by atoms with van der Waals surface area (Å²) in [6, 6.07) is 4.05. The Balaban J connectivity index is 2.19. The quantitative estimate of drug-likeness (QED) is 0.902.